The van der Waals surface area contributed by atoms with Crippen LogP contribution in [0.5, 0.6) is 0 Å². The van der Waals surface area contributed by atoms with Crippen LogP contribution in [0.15, 0.2) is 29.9 Å². The first-order valence-corrected chi connectivity index (χ1v) is 8.18. The fourth-order valence-corrected chi connectivity index (χ4v) is 2.76. The van der Waals surface area contributed by atoms with E-state index in [0.717, 1.165) is 16.3 Å². The maximum Gasteiger partial charge on any atom is 0.223 e. The van der Waals surface area contributed by atoms with Crippen LogP contribution in [0.2, 0.25) is 0 Å². The number of nitrogens with one attached hydrogen (secondary N) is 1. The zero-order valence-corrected chi connectivity index (χ0v) is 13.8. The number of aliphatic hydroxyl groups is 1. The fraction of sp³-hybridized carbons (Fsp3) is 0.438. The molecule has 0 fully saturated rings. The van der Waals surface area contributed by atoms with E-state index in [1.54, 1.807) is 12.4 Å². The van der Waals surface area contributed by atoms with E-state index in [1.165, 1.54) is 11.3 Å². The average Bonchev–Trinajstić information content (AvgIpc) is 2.97. The minimum Gasteiger partial charge on any atom is -0.392 e. The number of pyridine rings is 1. The molecular weight excluding hydrogens is 298 g/mol. The van der Waals surface area contributed by atoms with E-state index >= 15 is 0 Å². The summed E-state index contributed by atoms with van der Waals surface area (Å²) >= 11 is 1.50. The van der Waals surface area contributed by atoms with E-state index < -0.39 is 6.10 Å². The third kappa shape index (κ3) is 4.35. The molecule has 5 nitrogen and oxygen atoms in total. The first-order valence-electron chi connectivity index (χ1n) is 7.30. The van der Waals surface area contributed by atoms with Crippen LogP contribution in [0, 0.1) is 5.92 Å². The summed E-state index contributed by atoms with van der Waals surface area (Å²) in [6.45, 7) is 5.68. The van der Waals surface area contributed by atoms with Crippen molar-refractivity contribution in [2.45, 2.75) is 39.3 Å². The number of rotatable bonds is 6. The number of carbonyl (C=O) groups is 1. The zero-order chi connectivity index (χ0) is 16.1. The van der Waals surface area contributed by atoms with Crippen LogP contribution in [0.1, 0.15) is 38.2 Å². The molecule has 2 N–H and O–H groups in total. The van der Waals surface area contributed by atoms with Gasteiger partial charge in [-0.25, -0.2) is 4.98 Å². The first kappa shape index (κ1) is 16.6. The van der Waals surface area contributed by atoms with Crippen LogP contribution < -0.4 is 5.32 Å². The Kier molecular flexibility index (Phi) is 5.63. The summed E-state index contributed by atoms with van der Waals surface area (Å²) < 4.78 is 0. The summed E-state index contributed by atoms with van der Waals surface area (Å²) in [6, 6.07) is 3.64. The van der Waals surface area contributed by atoms with Gasteiger partial charge in [0.25, 0.3) is 0 Å². The number of aromatic nitrogens is 2. The molecule has 2 aromatic heterocycles. The van der Waals surface area contributed by atoms with Gasteiger partial charge in [0.2, 0.25) is 5.91 Å². The van der Waals surface area contributed by atoms with Gasteiger partial charge in [-0.2, -0.15) is 0 Å². The molecule has 118 valence electrons. The molecule has 0 aliphatic heterocycles. The Morgan fingerprint density at radius 2 is 2.18 bits per heavy atom. The minimum absolute atomic E-state index is 0.0677. The van der Waals surface area contributed by atoms with Crippen molar-refractivity contribution in [3.05, 3.63) is 34.9 Å². The normalized spacial score (nSPS) is 13.9. The SMILES string of the molecule is CC(NC(=O)CC(O)C(C)C)c1nc(-c2cccnc2)cs1. The highest BCUT2D eigenvalue weighted by Gasteiger charge is 2.18. The summed E-state index contributed by atoms with van der Waals surface area (Å²) in [6.07, 6.45) is 2.98. The molecule has 0 bridgehead atoms. The molecule has 0 saturated carbocycles. The van der Waals surface area contributed by atoms with Gasteiger partial charge in [-0.15, -0.1) is 11.3 Å². The lowest BCUT2D eigenvalue weighted by atomic mass is 10.0. The maximum atomic E-state index is 11.9. The third-order valence-electron chi connectivity index (χ3n) is 3.39. The van der Waals surface area contributed by atoms with Gasteiger partial charge < -0.3 is 10.4 Å². The molecule has 2 rings (SSSR count). The number of carbonyl (C=O) groups excluding carboxylic acids is 1. The van der Waals surface area contributed by atoms with Gasteiger partial charge >= 0.3 is 0 Å². The van der Waals surface area contributed by atoms with Gasteiger partial charge in [-0.05, 0) is 25.0 Å². The van der Waals surface area contributed by atoms with Crippen molar-refractivity contribution in [3.8, 4) is 11.3 Å². The summed E-state index contributed by atoms with van der Waals surface area (Å²) in [5.74, 6) is -0.0927. The fourth-order valence-electron chi connectivity index (χ4n) is 1.92. The molecule has 6 heteroatoms. The second-order valence-electron chi connectivity index (χ2n) is 5.62. The zero-order valence-electron chi connectivity index (χ0n) is 13.0. The lowest BCUT2D eigenvalue weighted by Crippen LogP contribution is -2.31. The number of amides is 1. The van der Waals surface area contributed by atoms with E-state index in [-0.39, 0.29) is 24.3 Å². The minimum atomic E-state index is -0.616. The maximum absolute atomic E-state index is 11.9. The third-order valence-corrected chi connectivity index (χ3v) is 4.42. The molecule has 0 saturated heterocycles. The molecular formula is C16H21N3O2S. The average molecular weight is 319 g/mol. The predicted molar refractivity (Wildman–Crippen MR) is 87.4 cm³/mol. The molecule has 0 aliphatic carbocycles. The summed E-state index contributed by atoms with van der Waals surface area (Å²) in [7, 11) is 0. The van der Waals surface area contributed by atoms with Crippen LogP contribution in [-0.2, 0) is 4.79 Å². The molecule has 0 aliphatic rings. The molecule has 2 unspecified atom stereocenters. The van der Waals surface area contributed by atoms with E-state index in [9.17, 15) is 9.90 Å². The molecule has 2 atom stereocenters. The van der Waals surface area contributed by atoms with E-state index in [2.05, 4.69) is 15.3 Å². The van der Waals surface area contributed by atoms with Crippen LogP contribution >= 0.6 is 11.3 Å². The topological polar surface area (TPSA) is 75.1 Å². The number of hydrogen-bond donors (Lipinski definition) is 2. The van der Waals surface area contributed by atoms with Gasteiger partial charge in [-0.1, -0.05) is 13.8 Å². The largest absolute Gasteiger partial charge is 0.392 e. The van der Waals surface area contributed by atoms with Crippen molar-refractivity contribution in [2.24, 2.45) is 5.92 Å². The summed E-state index contributed by atoms with van der Waals surface area (Å²) in [5.41, 5.74) is 1.81. The van der Waals surface area contributed by atoms with Crippen LogP contribution in [0.3, 0.4) is 0 Å². The molecule has 22 heavy (non-hydrogen) atoms. The highest BCUT2D eigenvalue weighted by Crippen LogP contribution is 2.24. The standard InChI is InChI=1S/C16H21N3O2S/c1-10(2)14(20)7-15(21)18-11(3)16-19-13(9-22-16)12-5-4-6-17-8-12/h4-6,8-11,14,20H,7H2,1-3H3,(H,18,21). The van der Waals surface area contributed by atoms with Crippen molar-refractivity contribution in [3.63, 3.8) is 0 Å². The van der Waals surface area contributed by atoms with E-state index in [1.807, 2.05) is 38.3 Å². The van der Waals surface area contributed by atoms with Crippen LogP contribution in [0.25, 0.3) is 11.3 Å². The molecule has 1 amide bonds. The molecule has 0 aromatic carbocycles. The van der Waals surface area contributed by atoms with Crippen molar-refractivity contribution in [1.29, 1.82) is 0 Å². The highest BCUT2D eigenvalue weighted by molar-refractivity contribution is 7.10. The van der Waals surface area contributed by atoms with Crippen LogP contribution in [-0.4, -0.2) is 27.1 Å². The molecule has 0 radical (unpaired) electrons. The summed E-state index contributed by atoms with van der Waals surface area (Å²) in [5, 5.41) is 15.4. The number of aliphatic hydroxyl groups excluding tert-OH is 1. The number of nitrogens with zero attached hydrogens (tertiary/aromatic N) is 2. The van der Waals surface area contributed by atoms with E-state index in [0.29, 0.717) is 0 Å². The summed E-state index contributed by atoms with van der Waals surface area (Å²) in [4.78, 5) is 20.5. The highest BCUT2D eigenvalue weighted by atomic mass is 32.1. The Hall–Kier alpha value is -1.79. The molecule has 2 aromatic rings. The Labute approximate surface area is 134 Å². The molecule has 0 spiro atoms. The predicted octanol–water partition coefficient (Wildman–Crippen LogP) is 2.79. The Bertz CT molecular complexity index is 613. The smallest absolute Gasteiger partial charge is 0.223 e. The second kappa shape index (κ2) is 7.47. The number of hydrogen-bond acceptors (Lipinski definition) is 5. The molecule has 2 heterocycles. The lowest BCUT2D eigenvalue weighted by molar-refractivity contribution is -0.124. The second-order valence-corrected chi connectivity index (χ2v) is 6.51. The quantitative estimate of drug-likeness (QED) is 0.858. The van der Waals surface area contributed by atoms with Gasteiger partial charge in [0.1, 0.15) is 5.01 Å². The monoisotopic (exact) mass is 319 g/mol. The Morgan fingerprint density at radius 3 is 2.82 bits per heavy atom. The van der Waals surface area contributed by atoms with Gasteiger partial charge in [0.15, 0.2) is 0 Å². The number of thiazole rings is 1. The van der Waals surface area contributed by atoms with E-state index in [4.69, 9.17) is 0 Å². The Balaban J connectivity index is 1.97. The lowest BCUT2D eigenvalue weighted by Gasteiger charge is -2.16. The van der Waals surface area contributed by atoms with Crippen molar-refractivity contribution >= 4 is 17.2 Å². The Morgan fingerprint density at radius 1 is 1.41 bits per heavy atom. The van der Waals surface area contributed by atoms with Crippen molar-refractivity contribution < 1.29 is 9.90 Å². The van der Waals surface area contributed by atoms with Crippen LogP contribution in [0.4, 0.5) is 0 Å². The van der Waals surface area contributed by atoms with Crippen molar-refractivity contribution in [2.75, 3.05) is 0 Å². The van der Waals surface area contributed by atoms with Gasteiger partial charge in [0.05, 0.1) is 24.3 Å². The van der Waals surface area contributed by atoms with Gasteiger partial charge in [-0.3, -0.25) is 9.78 Å². The van der Waals surface area contributed by atoms with Crippen molar-refractivity contribution in [1.82, 2.24) is 15.3 Å². The van der Waals surface area contributed by atoms with Gasteiger partial charge in [0, 0.05) is 23.3 Å². The first-order chi connectivity index (χ1) is 10.5.